The molecule has 0 aromatic heterocycles. The van der Waals surface area contributed by atoms with Gasteiger partial charge in [-0.05, 0) is 43.7 Å². The van der Waals surface area contributed by atoms with E-state index in [2.05, 4.69) is 5.32 Å². The van der Waals surface area contributed by atoms with E-state index in [9.17, 15) is 13.2 Å². The van der Waals surface area contributed by atoms with Gasteiger partial charge in [0, 0.05) is 5.02 Å². The molecule has 8 heteroatoms. The summed E-state index contributed by atoms with van der Waals surface area (Å²) in [5, 5.41) is 3.17. The van der Waals surface area contributed by atoms with Gasteiger partial charge in [0.05, 0.1) is 24.2 Å². The van der Waals surface area contributed by atoms with E-state index >= 15 is 0 Å². The molecule has 0 radical (unpaired) electrons. The van der Waals surface area contributed by atoms with E-state index in [1.54, 1.807) is 49.4 Å². The van der Waals surface area contributed by atoms with Crippen LogP contribution in [0.5, 0.6) is 5.75 Å². The van der Waals surface area contributed by atoms with Gasteiger partial charge < -0.3 is 10.1 Å². The fourth-order valence-corrected chi connectivity index (χ4v) is 4.13. The van der Waals surface area contributed by atoms with Crippen molar-refractivity contribution < 1.29 is 17.9 Å². The van der Waals surface area contributed by atoms with Crippen LogP contribution in [0.25, 0.3) is 0 Å². The summed E-state index contributed by atoms with van der Waals surface area (Å²) in [5.41, 5.74) is 0.826. The van der Waals surface area contributed by atoms with Gasteiger partial charge in [-0.3, -0.25) is 9.10 Å². The van der Waals surface area contributed by atoms with Crippen LogP contribution in [0.4, 0.5) is 11.4 Å². The molecule has 2 aromatic carbocycles. The number of sulfonamides is 1. The summed E-state index contributed by atoms with van der Waals surface area (Å²) in [6, 6.07) is 12.5. The van der Waals surface area contributed by atoms with Crippen LogP contribution >= 0.6 is 11.6 Å². The number of nitrogens with one attached hydrogen (secondary N) is 1. The molecular weight excluding hydrogens is 388 g/mol. The number of rotatable bonds is 8. The Bertz CT molecular complexity index is 902. The Hall–Kier alpha value is -2.25. The zero-order chi connectivity index (χ0) is 20.0. The molecule has 1 atom stereocenters. The Labute approximate surface area is 165 Å². The molecular formula is C19H23ClN2O4S. The van der Waals surface area contributed by atoms with Crippen molar-refractivity contribution in [1.82, 2.24) is 0 Å². The van der Waals surface area contributed by atoms with Gasteiger partial charge in [0.15, 0.2) is 0 Å². The lowest BCUT2D eigenvalue weighted by Crippen LogP contribution is -2.47. The second-order valence-electron chi connectivity index (χ2n) is 5.88. The Balaban J connectivity index is 2.38. The molecule has 1 unspecified atom stereocenters. The highest BCUT2D eigenvalue weighted by Gasteiger charge is 2.32. The molecule has 0 fully saturated rings. The number of ether oxygens (including phenoxy) is 1. The van der Waals surface area contributed by atoms with E-state index in [0.29, 0.717) is 28.8 Å². The van der Waals surface area contributed by atoms with E-state index in [4.69, 9.17) is 16.3 Å². The van der Waals surface area contributed by atoms with Gasteiger partial charge in [-0.1, -0.05) is 36.7 Å². The van der Waals surface area contributed by atoms with Gasteiger partial charge in [0.1, 0.15) is 11.8 Å². The quantitative estimate of drug-likeness (QED) is 0.715. The maximum Gasteiger partial charge on any atom is 0.248 e. The van der Waals surface area contributed by atoms with Crippen molar-refractivity contribution in [2.45, 2.75) is 26.3 Å². The molecule has 2 rings (SSSR count). The number of hydrogen-bond donors (Lipinski definition) is 1. The minimum Gasteiger partial charge on any atom is -0.492 e. The van der Waals surface area contributed by atoms with Crippen molar-refractivity contribution in [2.75, 3.05) is 22.5 Å². The Kier molecular flexibility index (Phi) is 7.10. The van der Waals surface area contributed by atoms with Crippen molar-refractivity contribution in [3.8, 4) is 5.75 Å². The van der Waals surface area contributed by atoms with Gasteiger partial charge in [-0.25, -0.2) is 8.42 Å². The van der Waals surface area contributed by atoms with E-state index in [1.165, 1.54) is 6.07 Å². The number of nitrogens with zero attached hydrogens (tertiary/aromatic N) is 1. The van der Waals surface area contributed by atoms with Crippen molar-refractivity contribution in [3.05, 3.63) is 53.6 Å². The van der Waals surface area contributed by atoms with Gasteiger partial charge in [-0.2, -0.15) is 0 Å². The number of para-hydroxylation sites is 2. The molecule has 0 bridgehead atoms. The van der Waals surface area contributed by atoms with Crippen LogP contribution in [0.15, 0.2) is 48.5 Å². The molecule has 27 heavy (non-hydrogen) atoms. The zero-order valence-corrected chi connectivity index (χ0v) is 17.0. The van der Waals surface area contributed by atoms with Gasteiger partial charge >= 0.3 is 0 Å². The van der Waals surface area contributed by atoms with Gasteiger partial charge in [-0.15, -0.1) is 0 Å². The molecule has 0 aliphatic heterocycles. The first-order chi connectivity index (χ1) is 12.8. The zero-order valence-electron chi connectivity index (χ0n) is 15.5. The number of anilines is 2. The molecule has 0 aliphatic rings. The van der Waals surface area contributed by atoms with Crippen LogP contribution in [0, 0.1) is 0 Å². The van der Waals surface area contributed by atoms with Crippen LogP contribution in [0.2, 0.25) is 5.02 Å². The minimum absolute atomic E-state index is 0.280. The second kappa shape index (κ2) is 9.10. The number of carbonyl (C=O) groups excluding carboxylic acids is 1. The number of halogens is 1. The highest BCUT2D eigenvalue weighted by Crippen LogP contribution is 2.28. The number of carbonyl (C=O) groups is 1. The molecule has 1 amide bonds. The third-order valence-corrected chi connectivity index (χ3v) is 5.25. The largest absolute Gasteiger partial charge is 0.492 e. The summed E-state index contributed by atoms with van der Waals surface area (Å²) in [7, 11) is -3.72. The maximum atomic E-state index is 12.9. The summed E-state index contributed by atoms with van der Waals surface area (Å²) in [6.07, 6.45) is 1.35. The Morgan fingerprint density at radius 3 is 2.48 bits per heavy atom. The van der Waals surface area contributed by atoms with Gasteiger partial charge in [0.2, 0.25) is 15.9 Å². The summed E-state index contributed by atoms with van der Waals surface area (Å²) < 4.78 is 31.5. The topological polar surface area (TPSA) is 75.7 Å². The lowest BCUT2D eigenvalue weighted by Gasteiger charge is -2.30. The monoisotopic (exact) mass is 410 g/mol. The van der Waals surface area contributed by atoms with Crippen LogP contribution in [0.1, 0.15) is 20.3 Å². The summed E-state index contributed by atoms with van der Waals surface area (Å²) in [4.78, 5) is 12.9. The third-order valence-electron chi connectivity index (χ3n) is 3.84. The number of benzene rings is 2. The first kappa shape index (κ1) is 21.1. The molecule has 0 spiro atoms. The van der Waals surface area contributed by atoms with Crippen LogP contribution < -0.4 is 14.4 Å². The Morgan fingerprint density at radius 2 is 1.89 bits per heavy atom. The van der Waals surface area contributed by atoms with E-state index in [-0.39, 0.29) is 6.42 Å². The lowest BCUT2D eigenvalue weighted by atomic mass is 10.1. The normalized spacial score (nSPS) is 12.3. The molecule has 0 heterocycles. The van der Waals surface area contributed by atoms with Gasteiger partial charge in [0.25, 0.3) is 0 Å². The lowest BCUT2D eigenvalue weighted by molar-refractivity contribution is -0.117. The van der Waals surface area contributed by atoms with Crippen molar-refractivity contribution in [3.63, 3.8) is 0 Å². The van der Waals surface area contributed by atoms with E-state index in [1.807, 2.05) is 6.92 Å². The van der Waals surface area contributed by atoms with Crippen molar-refractivity contribution in [1.29, 1.82) is 0 Å². The minimum atomic E-state index is -3.72. The highest BCUT2D eigenvalue weighted by atomic mass is 35.5. The van der Waals surface area contributed by atoms with Crippen LogP contribution in [0.3, 0.4) is 0 Å². The molecule has 2 aromatic rings. The number of hydrogen-bond acceptors (Lipinski definition) is 4. The molecule has 0 saturated carbocycles. The molecule has 1 N–H and O–H groups in total. The molecule has 0 saturated heterocycles. The highest BCUT2D eigenvalue weighted by molar-refractivity contribution is 7.92. The van der Waals surface area contributed by atoms with Crippen LogP contribution in [-0.2, 0) is 14.8 Å². The fraction of sp³-hybridized carbons (Fsp3) is 0.316. The van der Waals surface area contributed by atoms with Crippen molar-refractivity contribution >= 4 is 38.9 Å². The summed E-state index contributed by atoms with van der Waals surface area (Å²) >= 11 is 6.01. The first-order valence-electron chi connectivity index (χ1n) is 8.55. The van der Waals surface area contributed by atoms with E-state index < -0.39 is 22.0 Å². The van der Waals surface area contributed by atoms with Crippen LogP contribution in [-0.4, -0.2) is 33.2 Å². The summed E-state index contributed by atoms with van der Waals surface area (Å²) in [6.45, 7) is 4.04. The molecule has 6 nitrogen and oxygen atoms in total. The SMILES string of the molecule is CCOc1ccccc1NC(=O)C(CC)N(c1cccc(Cl)c1)S(C)(=O)=O. The third kappa shape index (κ3) is 5.37. The van der Waals surface area contributed by atoms with E-state index in [0.717, 1.165) is 10.6 Å². The maximum absolute atomic E-state index is 12.9. The predicted molar refractivity (Wildman–Crippen MR) is 109 cm³/mol. The molecule has 146 valence electrons. The average molecular weight is 411 g/mol. The second-order valence-corrected chi connectivity index (χ2v) is 8.18. The van der Waals surface area contributed by atoms with Crippen molar-refractivity contribution in [2.24, 2.45) is 0 Å². The fourth-order valence-electron chi connectivity index (χ4n) is 2.74. The Morgan fingerprint density at radius 1 is 1.19 bits per heavy atom. The smallest absolute Gasteiger partial charge is 0.248 e. The average Bonchev–Trinajstić information content (AvgIpc) is 2.60. The summed E-state index contributed by atoms with van der Waals surface area (Å²) in [5.74, 6) is 0.0758. The number of amides is 1. The molecule has 0 aliphatic carbocycles. The predicted octanol–water partition coefficient (Wildman–Crippen LogP) is 3.92. The standard InChI is InChI=1S/C19H23ClN2O4S/c1-4-17(19(23)21-16-11-6-7-12-18(16)26-5-2)22(27(3,24)25)15-10-8-9-14(20)13-15/h6-13,17H,4-5H2,1-3H3,(H,21,23). The first-order valence-corrected chi connectivity index (χ1v) is 10.8.